The lowest BCUT2D eigenvalue weighted by molar-refractivity contribution is -0.139. The zero-order valence-electron chi connectivity index (χ0n) is 16.7. The first-order valence-corrected chi connectivity index (χ1v) is 10.2. The molecule has 1 aromatic rings. The number of methoxy groups -OCH3 is 1. The average Bonchev–Trinajstić information content (AvgIpc) is 2.70. The Hall–Kier alpha value is -1.88. The molecule has 2 heterocycles. The molecule has 2 saturated heterocycles. The van der Waals surface area contributed by atoms with Gasteiger partial charge in [0.15, 0.2) is 0 Å². The predicted molar refractivity (Wildman–Crippen MR) is 106 cm³/mol. The summed E-state index contributed by atoms with van der Waals surface area (Å²) in [7, 11) is 1.69. The Morgan fingerprint density at radius 2 is 2.04 bits per heavy atom. The highest BCUT2D eigenvalue weighted by Crippen LogP contribution is 2.39. The van der Waals surface area contributed by atoms with Crippen LogP contribution in [0.5, 0.6) is 0 Å². The summed E-state index contributed by atoms with van der Waals surface area (Å²) in [4.78, 5) is 29.6. The van der Waals surface area contributed by atoms with Crippen molar-refractivity contribution in [1.82, 2.24) is 9.80 Å². The van der Waals surface area contributed by atoms with Crippen LogP contribution in [-0.2, 0) is 16.0 Å². The van der Waals surface area contributed by atoms with Gasteiger partial charge in [0, 0.05) is 57.3 Å². The van der Waals surface area contributed by atoms with Crippen LogP contribution in [0.15, 0.2) is 24.3 Å². The molecule has 0 radical (unpaired) electrons. The molecule has 1 spiro atoms. The second-order valence-corrected chi connectivity index (χ2v) is 8.00. The van der Waals surface area contributed by atoms with Crippen LogP contribution in [0, 0.1) is 5.41 Å². The van der Waals surface area contributed by atoms with Gasteiger partial charge < -0.3 is 14.5 Å². The molecule has 0 N–H and O–H groups in total. The molecule has 1 unspecified atom stereocenters. The summed E-state index contributed by atoms with van der Waals surface area (Å²) in [5.74, 6) is 0.394. The highest BCUT2D eigenvalue weighted by molar-refractivity contribution is 5.95. The van der Waals surface area contributed by atoms with Crippen LogP contribution in [0.2, 0.25) is 0 Å². The first-order chi connectivity index (χ1) is 13.1. The van der Waals surface area contributed by atoms with E-state index in [1.807, 2.05) is 34.1 Å². The van der Waals surface area contributed by atoms with E-state index in [-0.39, 0.29) is 17.2 Å². The van der Waals surface area contributed by atoms with E-state index in [0.717, 1.165) is 69.4 Å². The van der Waals surface area contributed by atoms with Gasteiger partial charge in [-0.2, -0.15) is 0 Å². The summed E-state index contributed by atoms with van der Waals surface area (Å²) in [6, 6.07) is 7.94. The first kappa shape index (κ1) is 19.9. The molecule has 27 heavy (non-hydrogen) atoms. The summed E-state index contributed by atoms with van der Waals surface area (Å²) in [5.41, 5.74) is 2.00. The van der Waals surface area contributed by atoms with E-state index in [4.69, 9.17) is 4.74 Å². The number of likely N-dealkylation sites (tertiary alicyclic amines) is 2. The lowest BCUT2D eigenvalue weighted by Gasteiger charge is -2.48. The molecule has 5 nitrogen and oxygen atoms in total. The summed E-state index contributed by atoms with van der Waals surface area (Å²) in [6.45, 7) is 5.87. The highest BCUT2D eigenvalue weighted by Gasteiger charge is 2.42. The van der Waals surface area contributed by atoms with E-state index >= 15 is 0 Å². The van der Waals surface area contributed by atoms with Crippen LogP contribution >= 0.6 is 0 Å². The SMILES string of the molecule is CCc1ccccc1C(=O)N1CCCC2(CCC(=O)N(CCCOC)C2)C1. The van der Waals surface area contributed by atoms with E-state index in [9.17, 15) is 9.59 Å². The number of hydrogen-bond donors (Lipinski definition) is 0. The summed E-state index contributed by atoms with van der Waals surface area (Å²) in [6.07, 6.45) is 5.33. The lowest BCUT2D eigenvalue weighted by Crippen LogP contribution is -2.55. The molecule has 2 aliphatic heterocycles. The van der Waals surface area contributed by atoms with Crippen molar-refractivity contribution in [2.24, 2.45) is 5.41 Å². The van der Waals surface area contributed by atoms with Gasteiger partial charge in [-0.15, -0.1) is 0 Å². The van der Waals surface area contributed by atoms with Crippen molar-refractivity contribution >= 4 is 11.8 Å². The Morgan fingerprint density at radius 1 is 1.22 bits per heavy atom. The largest absolute Gasteiger partial charge is 0.385 e. The maximum Gasteiger partial charge on any atom is 0.254 e. The molecule has 2 amide bonds. The number of carbonyl (C=O) groups is 2. The van der Waals surface area contributed by atoms with Crippen molar-refractivity contribution in [2.75, 3.05) is 39.9 Å². The van der Waals surface area contributed by atoms with E-state index < -0.39 is 0 Å². The van der Waals surface area contributed by atoms with Crippen LogP contribution < -0.4 is 0 Å². The molecule has 0 bridgehead atoms. The van der Waals surface area contributed by atoms with Gasteiger partial charge in [-0.25, -0.2) is 0 Å². The van der Waals surface area contributed by atoms with Crippen LogP contribution in [0.25, 0.3) is 0 Å². The number of amides is 2. The maximum atomic E-state index is 13.2. The Morgan fingerprint density at radius 3 is 2.81 bits per heavy atom. The van der Waals surface area contributed by atoms with Crippen LogP contribution in [0.4, 0.5) is 0 Å². The van der Waals surface area contributed by atoms with E-state index in [2.05, 4.69) is 6.92 Å². The number of benzene rings is 1. The third-order valence-corrected chi connectivity index (χ3v) is 6.10. The fourth-order valence-corrected chi connectivity index (χ4v) is 4.63. The molecule has 0 saturated carbocycles. The van der Waals surface area contributed by atoms with E-state index in [0.29, 0.717) is 13.0 Å². The predicted octanol–water partition coefficient (Wildman–Crippen LogP) is 3.13. The van der Waals surface area contributed by atoms with E-state index in [1.165, 1.54) is 0 Å². The topological polar surface area (TPSA) is 49.9 Å². The Kier molecular flexibility index (Phi) is 6.53. The molecule has 1 atom stereocenters. The fourth-order valence-electron chi connectivity index (χ4n) is 4.63. The number of carbonyl (C=O) groups excluding carboxylic acids is 2. The quantitative estimate of drug-likeness (QED) is 0.721. The van der Waals surface area contributed by atoms with Gasteiger partial charge in [-0.05, 0) is 43.7 Å². The molecular weight excluding hydrogens is 340 g/mol. The number of piperidine rings is 2. The zero-order chi connectivity index (χ0) is 19.3. The normalized spacial score (nSPS) is 23.1. The highest BCUT2D eigenvalue weighted by atomic mass is 16.5. The first-order valence-electron chi connectivity index (χ1n) is 10.2. The second kappa shape index (κ2) is 8.87. The smallest absolute Gasteiger partial charge is 0.254 e. The Balaban J connectivity index is 1.71. The van der Waals surface area contributed by atoms with Crippen molar-refractivity contribution in [1.29, 1.82) is 0 Å². The van der Waals surface area contributed by atoms with Crippen molar-refractivity contribution in [3.63, 3.8) is 0 Å². The number of nitrogens with zero attached hydrogens (tertiary/aromatic N) is 2. The summed E-state index contributed by atoms with van der Waals surface area (Å²) in [5, 5.41) is 0. The molecule has 2 fully saturated rings. The van der Waals surface area contributed by atoms with Gasteiger partial charge in [0.05, 0.1) is 0 Å². The summed E-state index contributed by atoms with van der Waals surface area (Å²) >= 11 is 0. The van der Waals surface area contributed by atoms with E-state index in [1.54, 1.807) is 7.11 Å². The van der Waals surface area contributed by atoms with Crippen LogP contribution in [-0.4, -0.2) is 61.5 Å². The monoisotopic (exact) mass is 372 g/mol. The zero-order valence-corrected chi connectivity index (χ0v) is 16.7. The molecule has 0 aliphatic carbocycles. The number of hydrogen-bond acceptors (Lipinski definition) is 3. The van der Waals surface area contributed by atoms with Crippen molar-refractivity contribution in [2.45, 2.75) is 45.4 Å². The minimum Gasteiger partial charge on any atom is -0.385 e. The molecule has 5 heteroatoms. The van der Waals surface area contributed by atoms with Gasteiger partial charge in [0.25, 0.3) is 5.91 Å². The molecule has 0 aromatic heterocycles. The molecule has 3 rings (SSSR count). The van der Waals surface area contributed by atoms with Gasteiger partial charge in [0.2, 0.25) is 5.91 Å². The average molecular weight is 373 g/mol. The van der Waals surface area contributed by atoms with Crippen molar-refractivity contribution in [3.8, 4) is 0 Å². The molecule has 1 aromatic carbocycles. The molecule has 148 valence electrons. The van der Waals surface area contributed by atoms with Gasteiger partial charge in [-0.3, -0.25) is 9.59 Å². The van der Waals surface area contributed by atoms with Gasteiger partial charge in [-0.1, -0.05) is 25.1 Å². The Labute approximate surface area is 162 Å². The minimum atomic E-state index is 0.0516. The van der Waals surface area contributed by atoms with Gasteiger partial charge >= 0.3 is 0 Å². The van der Waals surface area contributed by atoms with Crippen LogP contribution in [0.3, 0.4) is 0 Å². The molecule has 2 aliphatic rings. The second-order valence-electron chi connectivity index (χ2n) is 8.00. The van der Waals surface area contributed by atoms with Crippen molar-refractivity contribution in [3.05, 3.63) is 35.4 Å². The fraction of sp³-hybridized carbons (Fsp3) is 0.636. The lowest BCUT2D eigenvalue weighted by atomic mass is 9.73. The third kappa shape index (κ3) is 4.52. The van der Waals surface area contributed by atoms with Crippen LogP contribution in [0.1, 0.15) is 54.9 Å². The molecular formula is C22H32N2O3. The van der Waals surface area contributed by atoms with Gasteiger partial charge in [0.1, 0.15) is 0 Å². The minimum absolute atomic E-state index is 0.0516. The number of aryl methyl sites for hydroxylation is 1. The summed E-state index contributed by atoms with van der Waals surface area (Å²) < 4.78 is 5.13. The number of rotatable bonds is 6. The maximum absolute atomic E-state index is 13.2. The Bertz CT molecular complexity index is 675. The van der Waals surface area contributed by atoms with Crippen molar-refractivity contribution < 1.29 is 14.3 Å². The standard InChI is InChI=1S/C22H32N2O3/c1-3-18-8-4-5-9-19(18)21(26)24-13-6-11-22(17-24)12-10-20(25)23(16-22)14-7-15-27-2/h4-5,8-9H,3,6-7,10-17H2,1-2H3. The third-order valence-electron chi connectivity index (χ3n) is 6.10. The number of ether oxygens (including phenoxy) is 1.